The Morgan fingerprint density at radius 3 is 1.22 bits per heavy atom. The van der Waals surface area contributed by atoms with Crippen LogP contribution >= 0.6 is 0 Å². The summed E-state index contributed by atoms with van der Waals surface area (Å²) in [6, 6.07) is 0. The summed E-state index contributed by atoms with van der Waals surface area (Å²) in [7, 11) is 0. The van der Waals surface area contributed by atoms with Crippen LogP contribution in [0.5, 0.6) is 0 Å². The van der Waals surface area contributed by atoms with E-state index in [2.05, 4.69) is 0 Å². The summed E-state index contributed by atoms with van der Waals surface area (Å²) >= 11 is -5.86. The molecule has 0 aliphatic rings. The van der Waals surface area contributed by atoms with Gasteiger partial charge >= 0.3 is 30.0 Å². The fourth-order valence-electron chi connectivity index (χ4n) is 0. The molecule has 1 N–H and O–H groups in total. The van der Waals surface area contributed by atoms with Gasteiger partial charge in [-0.1, -0.05) is 0 Å². The quantitative estimate of drug-likeness (QED) is 0.440. The van der Waals surface area contributed by atoms with E-state index < -0.39 is 20.9 Å². The van der Waals surface area contributed by atoms with Crippen LogP contribution in [0.2, 0.25) is 0 Å². The van der Waals surface area contributed by atoms with Crippen molar-refractivity contribution in [3.63, 3.8) is 0 Å². The van der Waals surface area contributed by atoms with E-state index in [0.717, 1.165) is 0 Å². The Kier molecular flexibility index (Phi) is 5.09. The van der Waals surface area contributed by atoms with Gasteiger partial charge in [-0.25, -0.2) is 0 Å². The minimum absolute atomic E-state index is 1.75. The first kappa shape index (κ1) is 11.1. The van der Waals surface area contributed by atoms with Crippen LogP contribution in [-0.2, 0) is 26.2 Å². The van der Waals surface area contributed by atoms with Gasteiger partial charge in [0.2, 0.25) is 0 Å². The van der Waals surface area contributed by atoms with E-state index in [-0.39, 0.29) is 0 Å². The third-order valence-electron chi connectivity index (χ3n) is 0. The minimum atomic E-state index is -5.86. The fourth-order valence-corrected chi connectivity index (χ4v) is 0. The number of rotatable bonds is 0. The molecule has 56 valence electrons. The Morgan fingerprint density at radius 1 is 1.22 bits per heavy atom. The van der Waals surface area contributed by atoms with Gasteiger partial charge in [0.25, 0.3) is 0 Å². The molecule has 0 spiro atoms. The van der Waals surface area contributed by atoms with Crippen LogP contribution in [0, 0.1) is 15.3 Å². The first-order chi connectivity index (χ1) is 3.73. The van der Waals surface area contributed by atoms with Gasteiger partial charge < -0.3 is 15.3 Å². The molecular formula is HNO7Re-. The standard InChI is InChI=1S/NO3.H2O.3O.Re/c2-1(3)4;;;;;/h;1H2;;;;/q-1;;;;;+1/p-1. The monoisotopic (exact) mass is 314 g/mol. The Labute approximate surface area is 51.2 Å². The van der Waals surface area contributed by atoms with Crippen LogP contribution in [0.4, 0.5) is 0 Å². The van der Waals surface area contributed by atoms with Gasteiger partial charge in [-0.2, -0.15) is 0 Å². The van der Waals surface area contributed by atoms with Crippen LogP contribution in [-0.4, -0.2) is 8.92 Å². The Balaban J connectivity index is 0. The number of hydrogen-bond acceptors (Lipinski definition) is 6. The zero-order valence-electron chi connectivity index (χ0n) is 3.72. The second-order valence-corrected chi connectivity index (χ2v) is 3.47. The second-order valence-electron chi connectivity index (χ2n) is 0.620. The predicted molar refractivity (Wildman–Crippen MR) is 14.6 cm³/mol. The second kappa shape index (κ2) is 4.14. The van der Waals surface area contributed by atoms with E-state index >= 15 is 0 Å². The van der Waals surface area contributed by atoms with Crippen molar-refractivity contribution in [3.8, 4) is 0 Å². The third kappa shape index (κ3) is 326. The van der Waals surface area contributed by atoms with Crippen molar-refractivity contribution in [2.75, 3.05) is 0 Å². The molecule has 0 saturated carbocycles. The van der Waals surface area contributed by atoms with E-state index in [1.807, 2.05) is 0 Å². The molecule has 0 unspecified atom stereocenters. The van der Waals surface area contributed by atoms with Crippen LogP contribution in [0.15, 0.2) is 0 Å². The van der Waals surface area contributed by atoms with Gasteiger partial charge in [0, 0.05) is 0 Å². The molecule has 8 nitrogen and oxygen atoms in total. The molecule has 0 heterocycles. The summed E-state index contributed by atoms with van der Waals surface area (Å²) in [6.07, 6.45) is 0. The predicted octanol–water partition coefficient (Wildman–Crippen LogP) is -1.16. The molecule has 0 radical (unpaired) electrons. The van der Waals surface area contributed by atoms with Gasteiger partial charge in [-0.15, -0.1) is 0 Å². The zero-order valence-corrected chi connectivity index (χ0v) is 6.44. The summed E-state index contributed by atoms with van der Waals surface area (Å²) in [6.45, 7) is 0. The van der Waals surface area contributed by atoms with Crippen LogP contribution in [0.25, 0.3) is 0 Å². The van der Waals surface area contributed by atoms with Gasteiger partial charge in [0.1, 0.15) is 0 Å². The summed E-state index contributed by atoms with van der Waals surface area (Å²) < 4.78 is 33.3. The molecule has 0 aliphatic carbocycles. The van der Waals surface area contributed by atoms with Gasteiger partial charge in [0.05, 0.1) is 5.09 Å². The summed E-state index contributed by atoms with van der Waals surface area (Å²) in [5.41, 5.74) is 0. The molecule has 0 atom stereocenters. The van der Waals surface area contributed by atoms with Crippen molar-refractivity contribution in [1.82, 2.24) is 0 Å². The van der Waals surface area contributed by atoms with Crippen molar-refractivity contribution in [2.45, 2.75) is 0 Å². The van der Waals surface area contributed by atoms with E-state index in [1.165, 1.54) is 0 Å². The van der Waals surface area contributed by atoms with Gasteiger partial charge in [0.15, 0.2) is 0 Å². The molecule has 0 fully saturated rings. The normalized spacial score (nSPS) is 9.00. The van der Waals surface area contributed by atoms with Crippen molar-refractivity contribution >= 4 is 0 Å². The molecule has 0 rings (SSSR count). The first-order valence-corrected chi connectivity index (χ1v) is 5.72. The molecule has 0 saturated heterocycles. The average molecular weight is 313 g/mol. The molecule has 0 amide bonds. The fraction of sp³-hybridized carbons (Fsp3) is 0. The van der Waals surface area contributed by atoms with Gasteiger partial charge in [-0.05, 0) is 0 Å². The maximum absolute atomic E-state index is 8.75. The summed E-state index contributed by atoms with van der Waals surface area (Å²) in [5.74, 6) is 0. The molecule has 9 heavy (non-hydrogen) atoms. The van der Waals surface area contributed by atoms with E-state index in [1.54, 1.807) is 0 Å². The van der Waals surface area contributed by atoms with Gasteiger partial charge in [-0.3, -0.25) is 0 Å². The number of hydrogen-bond donors (Lipinski definition) is 1. The van der Waals surface area contributed by atoms with E-state index in [4.69, 9.17) is 29.6 Å². The van der Waals surface area contributed by atoms with Crippen molar-refractivity contribution < 1.29 is 35.1 Å². The molecule has 9 heteroatoms. The Morgan fingerprint density at radius 2 is 1.22 bits per heavy atom. The Hall–Kier alpha value is -0.778. The van der Waals surface area contributed by atoms with Crippen LogP contribution in [0.3, 0.4) is 0 Å². The molecule has 0 aromatic heterocycles. The van der Waals surface area contributed by atoms with Crippen LogP contribution in [0.1, 0.15) is 0 Å². The first-order valence-electron chi connectivity index (χ1n) is 1.18. The summed E-state index contributed by atoms with van der Waals surface area (Å²) in [4.78, 5) is 8.25. The van der Waals surface area contributed by atoms with Crippen molar-refractivity contribution in [2.24, 2.45) is 0 Å². The molecule has 0 aromatic carbocycles. The third-order valence-corrected chi connectivity index (χ3v) is 0. The molecule has 0 aromatic rings. The van der Waals surface area contributed by atoms with E-state index in [0.29, 0.717) is 0 Å². The summed E-state index contributed by atoms with van der Waals surface area (Å²) in [5, 5.41) is 14.8. The van der Waals surface area contributed by atoms with Crippen molar-refractivity contribution in [3.05, 3.63) is 15.3 Å². The van der Waals surface area contributed by atoms with E-state index in [9.17, 15) is 0 Å². The van der Waals surface area contributed by atoms with Crippen molar-refractivity contribution in [1.29, 1.82) is 0 Å². The maximum atomic E-state index is 8.75. The SMILES string of the molecule is O=[N+]([O-])[O-].[O]=[Re](=[O])(=[O])[OH]. The Bertz CT molecular complexity index is 194. The zero-order chi connectivity index (χ0) is 8.08. The molecule has 0 bridgehead atoms. The molecular weight excluding hydrogens is 312 g/mol. The topological polar surface area (TPSA) is 138 Å². The number of nitrogens with zero attached hydrogens (tertiary/aromatic N) is 1. The van der Waals surface area contributed by atoms with Crippen LogP contribution < -0.4 is 0 Å². The average Bonchev–Trinajstić information content (AvgIpc) is 1.19. The molecule has 0 aliphatic heterocycles.